The molecule has 112 valence electrons. The van der Waals surface area contributed by atoms with E-state index in [4.69, 9.17) is 11.6 Å². The molecule has 20 heavy (non-hydrogen) atoms. The molecule has 0 radical (unpaired) electrons. The fraction of sp³-hybridized carbons (Fsp3) is 0.562. The Morgan fingerprint density at radius 2 is 2.00 bits per heavy atom. The maximum absolute atomic E-state index is 12.3. The number of anilines is 1. The first kappa shape index (κ1) is 16.8. The maximum atomic E-state index is 12.3. The van der Waals surface area contributed by atoms with Crippen LogP contribution in [-0.4, -0.2) is 18.5 Å². The Kier molecular flexibility index (Phi) is 5.88. The van der Waals surface area contributed by atoms with Gasteiger partial charge in [-0.3, -0.25) is 4.79 Å². The van der Waals surface area contributed by atoms with E-state index in [0.29, 0.717) is 10.6 Å². The van der Waals surface area contributed by atoms with Gasteiger partial charge in [0.05, 0.1) is 10.6 Å². The summed E-state index contributed by atoms with van der Waals surface area (Å²) < 4.78 is 0. The number of carbonyl (C=O) groups excluding carboxylic acids is 1. The lowest BCUT2D eigenvalue weighted by Gasteiger charge is -2.22. The Morgan fingerprint density at radius 3 is 2.55 bits per heavy atom. The number of amides is 1. The van der Waals surface area contributed by atoms with Gasteiger partial charge in [0.25, 0.3) is 5.91 Å². The molecule has 4 heteroatoms. The smallest absolute Gasteiger partial charge is 0.255 e. The molecule has 0 saturated heterocycles. The molecule has 2 N–H and O–H groups in total. The third-order valence-electron chi connectivity index (χ3n) is 3.04. The summed E-state index contributed by atoms with van der Waals surface area (Å²) in [7, 11) is 0. The first-order chi connectivity index (χ1) is 9.24. The lowest BCUT2D eigenvalue weighted by molar-refractivity contribution is 0.0940. The van der Waals surface area contributed by atoms with E-state index in [0.717, 1.165) is 18.7 Å². The van der Waals surface area contributed by atoms with Crippen LogP contribution in [0, 0.1) is 5.41 Å². The zero-order valence-corrected chi connectivity index (χ0v) is 13.8. The fourth-order valence-electron chi connectivity index (χ4n) is 1.66. The van der Waals surface area contributed by atoms with Crippen molar-refractivity contribution in [1.29, 1.82) is 0 Å². The maximum Gasteiger partial charge on any atom is 0.255 e. The van der Waals surface area contributed by atoms with Gasteiger partial charge in [0.15, 0.2) is 0 Å². The van der Waals surface area contributed by atoms with Crippen molar-refractivity contribution in [2.24, 2.45) is 5.41 Å². The molecule has 1 amide bonds. The Bertz CT molecular complexity index is 466. The van der Waals surface area contributed by atoms with Crippen molar-refractivity contribution in [2.75, 3.05) is 11.9 Å². The highest BCUT2D eigenvalue weighted by Crippen LogP contribution is 2.26. The van der Waals surface area contributed by atoms with E-state index < -0.39 is 0 Å². The normalized spacial score (nSPS) is 12.9. The summed E-state index contributed by atoms with van der Waals surface area (Å²) in [5, 5.41) is 6.76. The van der Waals surface area contributed by atoms with Crippen LogP contribution in [0.4, 0.5) is 5.69 Å². The minimum absolute atomic E-state index is 0.124. The number of nitrogens with one attached hydrogen (secondary N) is 2. The van der Waals surface area contributed by atoms with Gasteiger partial charge in [-0.1, -0.05) is 45.4 Å². The predicted molar refractivity (Wildman–Crippen MR) is 86.6 cm³/mol. The zero-order chi connectivity index (χ0) is 15.3. The quantitative estimate of drug-likeness (QED) is 0.849. The average Bonchev–Trinajstić information content (AvgIpc) is 2.35. The van der Waals surface area contributed by atoms with Crippen molar-refractivity contribution in [1.82, 2.24) is 5.32 Å². The van der Waals surface area contributed by atoms with E-state index >= 15 is 0 Å². The first-order valence-electron chi connectivity index (χ1n) is 7.08. The summed E-state index contributed by atoms with van der Waals surface area (Å²) in [4.78, 5) is 12.3. The number of hydrogen-bond acceptors (Lipinski definition) is 2. The molecule has 0 fully saturated rings. The number of benzene rings is 1. The Labute approximate surface area is 127 Å². The standard InChI is InChI=1S/C16H25ClN2O/c1-6-11(2)19-15(20)14-12(17)8-7-9-13(14)18-10-16(3,4)5/h7-9,11,18H,6,10H2,1-5H3,(H,19,20). The minimum atomic E-state index is -0.124. The minimum Gasteiger partial charge on any atom is -0.384 e. The van der Waals surface area contributed by atoms with Crippen molar-refractivity contribution < 1.29 is 4.79 Å². The van der Waals surface area contributed by atoms with E-state index in [1.807, 2.05) is 26.0 Å². The number of carbonyl (C=O) groups is 1. The van der Waals surface area contributed by atoms with Crippen LogP contribution in [0.5, 0.6) is 0 Å². The molecule has 0 aliphatic heterocycles. The van der Waals surface area contributed by atoms with Crippen molar-refractivity contribution in [3.8, 4) is 0 Å². The summed E-state index contributed by atoms with van der Waals surface area (Å²) in [5.41, 5.74) is 1.44. The summed E-state index contributed by atoms with van der Waals surface area (Å²) in [6, 6.07) is 5.63. The van der Waals surface area contributed by atoms with E-state index in [1.165, 1.54) is 0 Å². The van der Waals surface area contributed by atoms with E-state index in [2.05, 4.69) is 31.4 Å². The van der Waals surface area contributed by atoms with Crippen LogP contribution < -0.4 is 10.6 Å². The van der Waals surface area contributed by atoms with Crippen molar-refractivity contribution in [2.45, 2.75) is 47.1 Å². The van der Waals surface area contributed by atoms with Crippen LogP contribution in [0.1, 0.15) is 51.4 Å². The summed E-state index contributed by atoms with van der Waals surface area (Å²) in [5.74, 6) is -0.124. The molecule has 1 rings (SSSR count). The van der Waals surface area contributed by atoms with Crippen LogP contribution >= 0.6 is 11.6 Å². The molecule has 0 aliphatic carbocycles. The molecule has 0 saturated carbocycles. The Balaban J connectivity index is 2.96. The lowest BCUT2D eigenvalue weighted by Crippen LogP contribution is -2.33. The van der Waals surface area contributed by atoms with Gasteiger partial charge in [0, 0.05) is 18.3 Å². The molecule has 1 aromatic rings. The van der Waals surface area contributed by atoms with Gasteiger partial charge in [-0.2, -0.15) is 0 Å². The second-order valence-corrected chi connectivity index (χ2v) is 6.77. The highest BCUT2D eigenvalue weighted by atomic mass is 35.5. The molecule has 0 bridgehead atoms. The molecule has 0 heterocycles. The van der Waals surface area contributed by atoms with Gasteiger partial charge >= 0.3 is 0 Å². The number of halogens is 1. The van der Waals surface area contributed by atoms with Gasteiger partial charge in [-0.25, -0.2) is 0 Å². The summed E-state index contributed by atoms with van der Waals surface area (Å²) in [6.45, 7) is 11.2. The van der Waals surface area contributed by atoms with Gasteiger partial charge in [0.1, 0.15) is 0 Å². The predicted octanol–water partition coefficient (Wildman–Crippen LogP) is 4.33. The van der Waals surface area contributed by atoms with E-state index in [9.17, 15) is 4.79 Å². The molecule has 3 nitrogen and oxygen atoms in total. The van der Waals surface area contributed by atoms with Crippen LogP contribution in [-0.2, 0) is 0 Å². The van der Waals surface area contributed by atoms with Gasteiger partial charge in [-0.15, -0.1) is 0 Å². The first-order valence-corrected chi connectivity index (χ1v) is 7.45. The second-order valence-electron chi connectivity index (χ2n) is 6.36. The van der Waals surface area contributed by atoms with E-state index in [1.54, 1.807) is 6.07 Å². The van der Waals surface area contributed by atoms with Crippen molar-refractivity contribution in [3.63, 3.8) is 0 Å². The highest BCUT2D eigenvalue weighted by Gasteiger charge is 2.18. The van der Waals surface area contributed by atoms with Gasteiger partial charge in [0.2, 0.25) is 0 Å². The summed E-state index contributed by atoms with van der Waals surface area (Å²) in [6.07, 6.45) is 0.890. The van der Waals surface area contributed by atoms with Gasteiger partial charge in [-0.05, 0) is 30.9 Å². The number of rotatable bonds is 5. The third-order valence-corrected chi connectivity index (χ3v) is 3.35. The monoisotopic (exact) mass is 296 g/mol. The molecule has 0 aliphatic rings. The van der Waals surface area contributed by atoms with E-state index in [-0.39, 0.29) is 17.4 Å². The van der Waals surface area contributed by atoms with Crippen LogP contribution in [0.25, 0.3) is 0 Å². The van der Waals surface area contributed by atoms with Crippen LogP contribution in [0.15, 0.2) is 18.2 Å². The fourth-order valence-corrected chi connectivity index (χ4v) is 1.92. The molecule has 1 aromatic carbocycles. The van der Waals surface area contributed by atoms with Gasteiger partial charge < -0.3 is 10.6 Å². The van der Waals surface area contributed by atoms with Crippen LogP contribution in [0.2, 0.25) is 5.02 Å². The SMILES string of the molecule is CCC(C)NC(=O)c1c(Cl)cccc1NCC(C)(C)C. The highest BCUT2D eigenvalue weighted by molar-refractivity contribution is 6.34. The van der Waals surface area contributed by atoms with Crippen molar-refractivity contribution in [3.05, 3.63) is 28.8 Å². The second kappa shape index (κ2) is 6.98. The largest absolute Gasteiger partial charge is 0.384 e. The average molecular weight is 297 g/mol. The molecule has 1 unspecified atom stereocenters. The number of hydrogen-bond donors (Lipinski definition) is 2. The molecule has 0 spiro atoms. The lowest BCUT2D eigenvalue weighted by atomic mass is 9.96. The molecule has 0 aromatic heterocycles. The van der Waals surface area contributed by atoms with Crippen LogP contribution in [0.3, 0.4) is 0 Å². The molecule has 1 atom stereocenters. The van der Waals surface area contributed by atoms with Crippen molar-refractivity contribution >= 4 is 23.2 Å². The molecular weight excluding hydrogens is 272 g/mol. The molecular formula is C16H25ClN2O. The Hall–Kier alpha value is -1.22. The Morgan fingerprint density at radius 1 is 1.35 bits per heavy atom. The third kappa shape index (κ3) is 5.04. The topological polar surface area (TPSA) is 41.1 Å². The zero-order valence-electron chi connectivity index (χ0n) is 13.0. The summed E-state index contributed by atoms with van der Waals surface area (Å²) >= 11 is 6.20.